The summed E-state index contributed by atoms with van der Waals surface area (Å²) in [7, 11) is -3.24. The lowest BCUT2D eigenvalue weighted by Crippen LogP contribution is -2.20. The maximum absolute atomic E-state index is 11.8. The van der Waals surface area contributed by atoms with Crippen LogP contribution in [0.15, 0.2) is 29.4 Å². The number of nitrogens with zero attached hydrogens (tertiary/aromatic N) is 2. The van der Waals surface area contributed by atoms with Crippen molar-refractivity contribution in [3.63, 3.8) is 0 Å². The summed E-state index contributed by atoms with van der Waals surface area (Å²) in [4.78, 5) is 8.84. The predicted octanol–water partition coefficient (Wildman–Crippen LogP) is 3.27. The molecule has 5 nitrogen and oxygen atoms in total. The van der Waals surface area contributed by atoms with Gasteiger partial charge in [-0.05, 0) is 42.9 Å². The quantitative estimate of drug-likeness (QED) is 0.929. The van der Waals surface area contributed by atoms with Crippen LogP contribution in [0, 0.1) is 11.8 Å². The Morgan fingerprint density at radius 1 is 1.17 bits per heavy atom. The van der Waals surface area contributed by atoms with Crippen molar-refractivity contribution < 1.29 is 8.42 Å². The van der Waals surface area contributed by atoms with Gasteiger partial charge in [-0.25, -0.2) is 18.4 Å². The van der Waals surface area contributed by atoms with Gasteiger partial charge in [0.2, 0.25) is 0 Å². The summed E-state index contributed by atoms with van der Waals surface area (Å²) in [6.07, 6.45) is 7.80. The second-order valence-electron chi connectivity index (χ2n) is 6.68. The van der Waals surface area contributed by atoms with Gasteiger partial charge < -0.3 is 5.32 Å². The van der Waals surface area contributed by atoms with Crippen molar-refractivity contribution in [2.24, 2.45) is 11.8 Å². The van der Waals surface area contributed by atoms with Gasteiger partial charge in [0.05, 0.1) is 10.4 Å². The number of fused-ring (bicyclic) bond motifs is 1. The van der Waals surface area contributed by atoms with Gasteiger partial charge in [0, 0.05) is 18.2 Å². The van der Waals surface area contributed by atoms with Crippen LogP contribution < -0.4 is 5.32 Å². The first kappa shape index (κ1) is 16.2. The van der Waals surface area contributed by atoms with E-state index >= 15 is 0 Å². The number of hydrogen-bond acceptors (Lipinski definition) is 5. The van der Waals surface area contributed by atoms with Crippen molar-refractivity contribution in [3.05, 3.63) is 24.5 Å². The van der Waals surface area contributed by atoms with Crippen LogP contribution in [-0.2, 0) is 9.84 Å². The van der Waals surface area contributed by atoms with Crippen LogP contribution in [0.2, 0.25) is 0 Å². The summed E-state index contributed by atoms with van der Waals surface area (Å²) >= 11 is 0. The highest BCUT2D eigenvalue weighted by Gasteiger charge is 2.18. The van der Waals surface area contributed by atoms with Gasteiger partial charge in [-0.15, -0.1) is 0 Å². The lowest BCUT2D eigenvalue weighted by Gasteiger charge is -2.26. The van der Waals surface area contributed by atoms with Crippen LogP contribution >= 0.6 is 0 Å². The minimum absolute atomic E-state index is 0.300. The molecule has 0 amide bonds. The second-order valence-corrected chi connectivity index (χ2v) is 8.70. The van der Waals surface area contributed by atoms with Crippen molar-refractivity contribution in [2.75, 3.05) is 18.1 Å². The largest absolute Gasteiger partial charge is 0.369 e. The Bertz CT molecular complexity index is 797. The Labute approximate surface area is 137 Å². The molecule has 1 aliphatic rings. The van der Waals surface area contributed by atoms with Gasteiger partial charge in [0.15, 0.2) is 9.84 Å². The lowest BCUT2D eigenvalue weighted by atomic mass is 9.83. The van der Waals surface area contributed by atoms with E-state index in [1.807, 2.05) is 0 Å². The van der Waals surface area contributed by atoms with Crippen LogP contribution in [0.5, 0.6) is 0 Å². The van der Waals surface area contributed by atoms with Crippen molar-refractivity contribution in [1.29, 1.82) is 0 Å². The zero-order valence-electron chi connectivity index (χ0n) is 13.6. The molecule has 0 radical (unpaired) electrons. The number of aromatic nitrogens is 2. The molecule has 3 rings (SSSR count). The Hall–Kier alpha value is -1.69. The molecule has 1 saturated carbocycles. The minimum atomic E-state index is -3.24. The van der Waals surface area contributed by atoms with Crippen LogP contribution in [0.4, 0.5) is 5.82 Å². The SMILES string of the molecule is CC1CCC(CNc2ncnc3ccc(S(C)(=O)=O)cc23)CC1. The molecule has 0 unspecified atom stereocenters. The van der Waals surface area contributed by atoms with E-state index in [9.17, 15) is 8.42 Å². The minimum Gasteiger partial charge on any atom is -0.369 e. The van der Waals surface area contributed by atoms with E-state index in [1.165, 1.54) is 38.3 Å². The summed E-state index contributed by atoms with van der Waals surface area (Å²) in [5, 5.41) is 4.17. The molecule has 1 aromatic carbocycles. The third-order valence-electron chi connectivity index (χ3n) is 4.73. The maximum atomic E-state index is 11.8. The molecular weight excluding hydrogens is 310 g/mol. The van der Waals surface area contributed by atoms with Crippen LogP contribution in [0.25, 0.3) is 10.9 Å². The Morgan fingerprint density at radius 3 is 2.61 bits per heavy atom. The molecule has 1 aliphatic carbocycles. The Morgan fingerprint density at radius 2 is 1.91 bits per heavy atom. The number of sulfone groups is 1. The topological polar surface area (TPSA) is 72.0 Å². The molecule has 2 aromatic rings. The molecule has 0 saturated heterocycles. The zero-order valence-corrected chi connectivity index (χ0v) is 14.4. The van der Waals surface area contributed by atoms with E-state index in [-0.39, 0.29) is 0 Å². The van der Waals surface area contributed by atoms with E-state index in [2.05, 4.69) is 22.2 Å². The summed E-state index contributed by atoms with van der Waals surface area (Å²) in [5.41, 5.74) is 0.757. The molecule has 6 heteroatoms. The first-order valence-corrected chi connectivity index (χ1v) is 10.0. The lowest BCUT2D eigenvalue weighted by molar-refractivity contribution is 0.300. The summed E-state index contributed by atoms with van der Waals surface area (Å²) in [6.45, 7) is 3.19. The fraction of sp³-hybridized carbons (Fsp3) is 0.529. The van der Waals surface area contributed by atoms with E-state index in [4.69, 9.17) is 0 Å². The molecule has 1 aromatic heterocycles. The first-order valence-electron chi connectivity index (χ1n) is 8.12. The highest BCUT2D eigenvalue weighted by molar-refractivity contribution is 7.90. The van der Waals surface area contributed by atoms with Gasteiger partial charge in [-0.1, -0.05) is 19.8 Å². The van der Waals surface area contributed by atoms with Crippen LogP contribution in [-0.4, -0.2) is 31.2 Å². The van der Waals surface area contributed by atoms with Crippen molar-refractivity contribution in [3.8, 4) is 0 Å². The number of benzene rings is 1. The van der Waals surface area contributed by atoms with Gasteiger partial charge in [0.25, 0.3) is 0 Å². The standard InChI is InChI=1S/C17H23N3O2S/c1-12-3-5-13(6-4-12)10-18-17-15-9-14(23(2,21)22)7-8-16(15)19-11-20-17/h7-9,11-13H,3-6,10H2,1-2H3,(H,18,19,20). The maximum Gasteiger partial charge on any atom is 0.175 e. The third-order valence-corrected chi connectivity index (χ3v) is 5.84. The Kier molecular flexibility index (Phi) is 4.53. The first-order chi connectivity index (χ1) is 10.9. The molecular formula is C17H23N3O2S. The smallest absolute Gasteiger partial charge is 0.175 e. The average molecular weight is 333 g/mol. The number of hydrogen-bond donors (Lipinski definition) is 1. The number of anilines is 1. The molecule has 0 spiro atoms. The second kappa shape index (κ2) is 6.43. The van der Waals surface area contributed by atoms with Gasteiger partial charge >= 0.3 is 0 Å². The summed E-state index contributed by atoms with van der Waals surface area (Å²) in [6, 6.07) is 4.99. The monoisotopic (exact) mass is 333 g/mol. The highest BCUT2D eigenvalue weighted by atomic mass is 32.2. The zero-order chi connectivity index (χ0) is 16.4. The van der Waals surface area contributed by atoms with Crippen LogP contribution in [0.3, 0.4) is 0 Å². The fourth-order valence-corrected chi connectivity index (χ4v) is 3.83. The van der Waals surface area contributed by atoms with Gasteiger partial charge in [0.1, 0.15) is 12.1 Å². The predicted molar refractivity (Wildman–Crippen MR) is 92.3 cm³/mol. The molecule has 0 atom stereocenters. The van der Waals surface area contributed by atoms with E-state index in [0.717, 1.165) is 29.2 Å². The normalized spacial score (nSPS) is 22.2. The average Bonchev–Trinajstić information content (AvgIpc) is 2.53. The van der Waals surface area contributed by atoms with E-state index in [0.29, 0.717) is 10.8 Å². The molecule has 124 valence electrons. The fourth-order valence-electron chi connectivity index (χ4n) is 3.18. The summed E-state index contributed by atoms with van der Waals surface area (Å²) < 4.78 is 23.5. The molecule has 23 heavy (non-hydrogen) atoms. The number of rotatable bonds is 4. The van der Waals surface area contributed by atoms with Crippen molar-refractivity contribution in [1.82, 2.24) is 9.97 Å². The van der Waals surface area contributed by atoms with Crippen LogP contribution in [0.1, 0.15) is 32.6 Å². The van der Waals surface area contributed by atoms with Crippen molar-refractivity contribution >= 4 is 26.6 Å². The summed E-state index contributed by atoms with van der Waals surface area (Å²) in [5.74, 6) is 2.22. The molecule has 1 fully saturated rings. The van der Waals surface area contributed by atoms with E-state index < -0.39 is 9.84 Å². The molecule has 0 bridgehead atoms. The van der Waals surface area contributed by atoms with Crippen molar-refractivity contribution in [2.45, 2.75) is 37.5 Å². The molecule has 1 heterocycles. The molecule has 0 aliphatic heterocycles. The van der Waals surface area contributed by atoms with Gasteiger partial charge in [-0.2, -0.15) is 0 Å². The third kappa shape index (κ3) is 3.80. The highest BCUT2D eigenvalue weighted by Crippen LogP contribution is 2.29. The van der Waals surface area contributed by atoms with Gasteiger partial charge in [-0.3, -0.25) is 0 Å². The molecule has 1 N–H and O–H groups in total. The number of nitrogens with one attached hydrogen (secondary N) is 1. The van der Waals surface area contributed by atoms with E-state index in [1.54, 1.807) is 18.2 Å². The Balaban J connectivity index is 1.82.